The summed E-state index contributed by atoms with van der Waals surface area (Å²) in [5, 5.41) is 0. The molecule has 0 aromatic heterocycles. The third kappa shape index (κ3) is 2.23. The zero-order valence-corrected chi connectivity index (χ0v) is 11.0. The minimum absolute atomic E-state index is 0.110. The number of amides is 3. The Morgan fingerprint density at radius 3 is 2.28 bits per heavy atom. The molecule has 18 heavy (non-hydrogen) atoms. The van der Waals surface area contributed by atoms with Crippen LogP contribution in [0.15, 0.2) is 24.3 Å². The van der Waals surface area contributed by atoms with Crippen molar-refractivity contribution in [3.8, 4) is 0 Å². The van der Waals surface area contributed by atoms with Crippen LogP contribution in [0.1, 0.15) is 25.8 Å². The van der Waals surface area contributed by atoms with E-state index < -0.39 is 0 Å². The van der Waals surface area contributed by atoms with Gasteiger partial charge in [-0.05, 0) is 32.9 Å². The van der Waals surface area contributed by atoms with Gasteiger partial charge in [-0.25, -0.2) is 9.69 Å². The highest BCUT2D eigenvalue weighted by molar-refractivity contribution is 6.15. The van der Waals surface area contributed by atoms with E-state index in [0.29, 0.717) is 18.7 Å². The number of nitrogens with zero attached hydrogens (tertiary/aromatic N) is 2. The van der Waals surface area contributed by atoms with E-state index in [2.05, 4.69) is 0 Å². The molecule has 0 bridgehead atoms. The molecular weight excluding hydrogens is 228 g/mol. The minimum Gasteiger partial charge on any atom is -0.321 e. The smallest absolute Gasteiger partial charge is 0.321 e. The van der Waals surface area contributed by atoms with Crippen LogP contribution in [0, 0.1) is 6.92 Å². The van der Waals surface area contributed by atoms with E-state index >= 15 is 0 Å². The van der Waals surface area contributed by atoms with Crippen LogP contribution in [-0.2, 0) is 4.79 Å². The molecule has 0 atom stereocenters. The highest BCUT2D eigenvalue weighted by Gasteiger charge is 2.34. The molecule has 4 nitrogen and oxygen atoms in total. The van der Waals surface area contributed by atoms with E-state index in [1.807, 2.05) is 45.0 Å². The van der Waals surface area contributed by atoms with Crippen molar-refractivity contribution in [2.75, 3.05) is 11.4 Å². The summed E-state index contributed by atoms with van der Waals surface area (Å²) in [5.74, 6) is -0.124. The van der Waals surface area contributed by atoms with Crippen molar-refractivity contribution in [3.63, 3.8) is 0 Å². The van der Waals surface area contributed by atoms with Crippen LogP contribution in [0.25, 0.3) is 0 Å². The molecule has 1 fully saturated rings. The lowest BCUT2D eigenvalue weighted by Crippen LogP contribution is -2.54. The van der Waals surface area contributed by atoms with Crippen molar-refractivity contribution < 1.29 is 9.59 Å². The number of hydrogen-bond donors (Lipinski definition) is 0. The van der Waals surface area contributed by atoms with Crippen LogP contribution in [-0.4, -0.2) is 29.4 Å². The second kappa shape index (κ2) is 4.80. The lowest BCUT2D eigenvalue weighted by atomic mass is 10.1. The second-order valence-corrected chi connectivity index (χ2v) is 4.88. The maximum atomic E-state index is 12.3. The Hall–Kier alpha value is -1.84. The molecule has 0 N–H and O–H groups in total. The fraction of sp³-hybridized carbons (Fsp3) is 0.429. The predicted octanol–water partition coefficient (Wildman–Crippen LogP) is 2.56. The molecule has 4 heteroatoms. The third-order valence-electron chi connectivity index (χ3n) is 3.17. The summed E-state index contributed by atoms with van der Waals surface area (Å²) in [6.45, 7) is 6.41. The number of aryl methyl sites for hydroxylation is 1. The lowest BCUT2D eigenvalue weighted by molar-refractivity contribution is -0.119. The number of carbonyl (C=O) groups excluding carboxylic acids is 2. The van der Waals surface area contributed by atoms with E-state index in [-0.39, 0.29) is 18.0 Å². The topological polar surface area (TPSA) is 40.6 Å². The van der Waals surface area contributed by atoms with Crippen molar-refractivity contribution in [2.45, 2.75) is 33.2 Å². The number of hydrogen-bond acceptors (Lipinski definition) is 2. The molecule has 3 amide bonds. The first kappa shape index (κ1) is 12.6. The standard InChI is InChI=1S/C14H18N2O2/c1-10(2)15-9-8-13(17)16(14(15)18)12-6-4-11(3)5-7-12/h4-7,10H,8-9H2,1-3H3. The predicted molar refractivity (Wildman–Crippen MR) is 70.5 cm³/mol. The zero-order valence-electron chi connectivity index (χ0n) is 11.0. The molecule has 0 aliphatic carbocycles. The van der Waals surface area contributed by atoms with E-state index in [1.165, 1.54) is 4.90 Å². The molecule has 1 aliphatic heterocycles. The third-order valence-corrected chi connectivity index (χ3v) is 3.17. The van der Waals surface area contributed by atoms with E-state index in [0.717, 1.165) is 5.56 Å². The van der Waals surface area contributed by atoms with E-state index in [9.17, 15) is 9.59 Å². The number of anilines is 1. The van der Waals surface area contributed by atoms with Gasteiger partial charge in [0.05, 0.1) is 5.69 Å². The maximum Gasteiger partial charge on any atom is 0.331 e. The van der Waals surface area contributed by atoms with Gasteiger partial charge in [-0.15, -0.1) is 0 Å². The summed E-state index contributed by atoms with van der Waals surface area (Å²) in [6, 6.07) is 7.34. The average molecular weight is 246 g/mol. The molecule has 0 saturated carbocycles. The Kier molecular flexibility index (Phi) is 3.36. The molecule has 1 aromatic rings. The largest absolute Gasteiger partial charge is 0.331 e. The van der Waals surface area contributed by atoms with E-state index in [1.54, 1.807) is 4.90 Å². The normalized spacial score (nSPS) is 16.7. The summed E-state index contributed by atoms with van der Waals surface area (Å²) >= 11 is 0. The lowest BCUT2D eigenvalue weighted by Gasteiger charge is -2.36. The Morgan fingerprint density at radius 1 is 1.11 bits per heavy atom. The quantitative estimate of drug-likeness (QED) is 0.804. The molecule has 1 aliphatic rings. The summed E-state index contributed by atoms with van der Waals surface area (Å²) in [6.07, 6.45) is 0.387. The van der Waals surface area contributed by atoms with E-state index in [4.69, 9.17) is 0 Å². The van der Waals surface area contributed by atoms with Gasteiger partial charge in [0, 0.05) is 19.0 Å². The fourth-order valence-electron chi connectivity index (χ4n) is 2.09. The Balaban J connectivity index is 2.31. The number of imide groups is 1. The summed E-state index contributed by atoms with van der Waals surface area (Å²) in [7, 11) is 0. The minimum atomic E-state index is -0.217. The van der Waals surface area contributed by atoms with Crippen LogP contribution >= 0.6 is 0 Å². The highest BCUT2D eigenvalue weighted by Crippen LogP contribution is 2.22. The SMILES string of the molecule is Cc1ccc(N2C(=O)CCN(C(C)C)C2=O)cc1. The van der Waals surface area contributed by atoms with Crippen LogP contribution in [0.2, 0.25) is 0 Å². The monoisotopic (exact) mass is 246 g/mol. The van der Waals surface area contributed by atoms with Crippen LogP contribution in [0.4, 0.5) is 10.5 Å². The highest BCUT2D eigenvalue weighted by atomic mass is 16.2. The van der Waals surface area contributed by atoms with Gasteiger partial charge >= 0.3 is 6.03 Å². The second-order valence-electron chi connectivity index (χ2n) is 4.88. The molecular formula is C14H18N2O2. The first-order valence-corrected chi connectivity index (χ1v) is 6.21. The van der Waals surface area contributed by atoms with Crippen molar-refractivity contribution in [3.05, 3.63) is 29.8 Å². The first-order valence-electron chi connectivity index (χ1n) is 6.21. The molecule has 1 heterocycles. The van der Waals surface area contributed by atoms with Gasteiger partial charge in [-0.3, -0.25) is 4.79 Å². The van der Waals surface area contributed by atoms with Crippen LogP contribution in [0.3, 0.4) is 0 Å². The number of rotatable bonds is 2. The van der Waals surface area contributed by atoms with Crippen molar-refractivity contribution in [2.24, 2.45) is 0 Å². The summed E-state index contributed by atoms with van der Waals surface area (Å²) < 4.78 is 0. The number of carbonyl (C=O) groups is 2. The van der Waals surface area contributed by atoms with Crippen molar-refractivity contribution >= 4 is 17.6 Å². The molecule has 0 spiro atoms. The van der Waals surface area contributed by atoms with Gasteiger partial charge in [0.2, 0.25) is 5.91 Å². The number of urea groups is 1. The molecule has 0 unspecified atom stereocenters. The van der Waals surface area contributed by atoms with Crippen LogP contribution in [0.5, 0.6) is 0 Å². The van der Waals surface area contributed by atoms with Gasteiger partial charge in [-0.1, -0.05) is 17.7 Å². The Bertz CT molecular complexity index is 465. The van der Waals surface area contributed by atoms with Crippen molar-refractivity contribution in [1.82, 2.24) is 4.90 Å². The Morgan fingerprint density at radius 2 is 1.72 bits per heavy atom. The average Bonchev–Trinajstić information content (AvgIpc) is 2.31. The van der Waals surface area contributed by atoms with Gasteiger partial charge in [-0.2, -0.15) is 0 Å². The number of benzene rings is 1. The molecule has 2 rings (SSSR count). The maximum absolute atomic E-state index is 12.3. The van der Waals surface area contributed by atoms with Crippen molar-refractivity contribution in [1.29, 1.82) is 0 Å². The first-order chi connectivity index (χ1) is 8.50. The Labute approximate surface area is 107 Å². The van der Waals surface area contributed by atoms with Gasteiger partial charge in [0.1, 0.15) is 0 Å². The molecule has 1 saturated heterocycles. The van der Waals surface area contributed by atoms with Crippen LogP contribution < -0.4 is 4.90 Å². The zero-order chi connectivity index (χ0) is 13.3. The summed E-state index contributed by atoms with van der Waals surface area (Å²) in [4.78, 5) is 27.2. The molecule has 0 radical (unpaired) electrons. The fourth-order valence-corrected chi connectivity index (χ4v) is 2.09. The van der Waals surface area contributed by atoms with Gasteiger partial charge < -0.3 is 4.90 Å². The van der Waals surface area contributed by atoms with Gasteiger partial charge in [0.15, 0.2) is 0 Å². The summed E-state index contributed by atoms with van der Waals surface area (Å²) in [5.41, 5.74) is 1.76. The molecule has 1 aromatic carbocycles. The van der Waals surface area contributed by atoms with Gasteiger partial charge in [0.25, 0.3) is 0 Å². The molecule has 96 valence electrons.